The van der Waals surface area contributed by atoms with E-state index in [2.05, 4.69) is 5.32 Å². The maximum atomic E-state index is 11.5. The van der Waals surface area contributed by atoms with Gasteiger partial charge in [0.25, 0.3) is 0 Å². The molecule has 1 aromatic rings. The van der Waals surface area contributed by atoms with Gasteiger partial charge in [-0.2, -0.15) is 11.3 Å². The lowest BCUT2D eigenvalue weighted by Gasteiger charge is -2.08. The zero-order valence-corrected chi connectivity index (χ0v) is 11.5. The predicted octanol–water partition coefficient (Wildman–Crippen LogP) is 3.85. The van der Waals surface area contributed by atoms with Crippen LogP contribution in [0, 0.1) is 5.92 Å². The highest BCUT2D eigenvalue weighted by Gasteiger charge is 2.13. The second kappa shape index (κ2) is 7.37. The van der Waals surface area contributed by atoms with Gasteiger partial charge in [0.15, 0.2) is 0 Å². The van der Waals surface area contributed by atoms with Crippen LogP contribution in [0.1, 0.15) is 44.1 Å². The molecule has 3 heteroatoms. The summed E-state index contributed by atoms with van der Waals surface area (Å²) in [5, 5.41) is 6.99. The predicted molar refractivity (Wildman–Crippen MR) is 77.6 cm³/mol. The fourth-order valence-electron chi connectivity index (χ4n) is 2.50. The van der Waals surface area contributed by atoms with Crippen molar-refractivity contribution in [3.63, 3.8) is 0 Å². The van der Waals surface area contributed by atoms with Crippen LogP contribution >= 0.6 is 11.3 Å². The van der Waals surface area contributed by atoms with Crippen LogP contribution in [-0.2, 0) is 4.79 Å². The zero-order valence-electron chi connectivity index (χ0n) is 10.7. The Morgan fingerprint density at radius 2 is 2.28 bits per heavy atom. The first kappa shape index (κ1) is 13.3. The number of rotatable bonds is 6. The topological polar surface area (TPSA) is 29.1 Å². The molecule has 0 atom stereocenters. The first-order chi connectivity index (χ1) is 8.84. The molecular formula is C15H21NOS. The zero-order chi connectivity index (χ0) is 12.6. The van der Waals surface area contributed by atoms with E-state index in [9.17, 15) is 4.79 Å². The Kier molecular flexibility index (Phi) is 5.46. The van der Waals surface area contributed by atoms with Crippen LogP contribution in [0.3, 0.4) is 0 Å². The Balaban J connectivity index is 1.57. The Labute approximate surface area is 113 Å². The fourth-order valence-corrected chi connectivity index (χ4v) is 3.13. The highest BCUT2D eigenvalue weighted by molar-refractivity contribution is 7.08. The van der Waals surface area contributed by atoms with Gasteiger partial charge < -0.3 is 5.32 Å². The first-order valence-electron chi connectivity index (χ1n) is 6.83. The third-order valence-electron chi connectivity index (χ3n) is 3.53. The molecule has 2 nitrogen and oxygen atoms in total. The third kappa shape index (κ3) is 4.65. The van der Waals surface area contributed by atoms with Gasteiger partial charge in [-0.3, -0.25) is 4.79 Å². The molecule has 0 aliphatic heterocycles. The van der Waals surface area contributed by atoms with Crippen molar-refractivity contribution in [3.8, 4) is 0 Å². The number of carbonyl (C=O) groups excluding carboxylic acids is 1. The van der Waals surface area contributed by atoms with Gasteiger partial charge in [-0.1, -0.05) is 25.7 Å². The second-order valence-corrected chi connectivity index (χ2v) is 5.75. The van der Waals surface area contributed by atoms with E-state index >= 15 is 0 Å². The maximum absolute atomic E-state index is 11.5. The SMILES string of the molecule is O=C(/C=C/c1ccsc1)NCCCC1CCCC1. The van der Waals surface area contributed by atoms with E-state index < -0.39 is 0 Å². The van der Waals surface area contributed by atoms with Gasteiger partial charge in [0.2, 0.25) is 5.91 Å². The molecule has 2 rings (SSSR count). The molecule has 0 unspecified atom stereocenters. The number of carbonyl (C=O) groups is 1. The third-order valence-corrected chi connectivity index (χ3v) is 4.23. The molecular weight excluding hydrogens is 242 g/mol. The summed E-state index contributed by atoms with van der Waals surface area (Å²) in [6, 6.07) is 2.01. The van der Waals surface area contributed by atoms with E-state index in [1.807, 2.05) is 22.9 Å². The van der Waals surface area contributed by atoms with Crippen molar-refractivity contribution in [2.75, 3.05) is 6.54 Å². The molecule has 1 fully saturated rings. The largest absolute Gasteiger partial charge is 0.353 e. The summed E-state index contributed by atoms with van der Waals surface area (Å²) < 4.78 is 0. The summed E-state index contributed by atoms with van der Waals surface area (Å²) in [5.41, 5.74) is 1.10. The summed E-state index contributed by atoms with van der Waals surface area (Å²) in [4.78, 5) is 11.5. The standard InChI is InChI=1S/C15H21NOS/c17-15(8-7-14-9-11-18-12-14)16-10-3-6-13-4-1-2-5-13/h7-9,11-13H,1-6,10H2,(H,16,17)/b8-7+. The minimum atomic E-state index is 0.0209. The van der Waals surface area contributed by atoms with Crippen molar-refractivity contribution in [1.29, 1.82) is 0 Å². The summed E-state index contributed by atoms with van der Waals surface area (Å²) in [6.45, 7) is 0.809. The molecule has 0 spiro atoms. The minimum absolute atomic E-state index is 0.0209. The van der Waals surface area contributed by atoms with E-state index in [0.717, 1.165) is 24.4 Å². The molecule has 1 aliphatic rings. The normalized spacial score (nSPS) is 16.4. The molecule has 18 heavy (non-hydrogen) atoms. The highest BCUT2D eigenvalue weighted by Crippen LogP contribution is 2.28. The van der Waals surface area contributed by atoms with E-state index in [-0.39, 0.29) is 5.91 Å². The van der Waals surface area contributed by atoms with Crippen LogP contribution in [0.25, 0.3) is 6.08 Å². The van der Waals surface area contributed by atoms with Crippen LogP contribution < -0.4 is 5.32 Å². The summed E-state index contributed by atoms with van der Waals surface area (Å²) in [5.74, 6) is 0.941. The van der Waals surface area contributed by atoms with Gasteiger partial charge in [-0.05, 0) is 47.2 Å². The Hall–Kier alpha value is -1.09. The molecule has 1 amide bonds. The smallest absolute Gasteiger partial charge is 0.243 e. The van der Waals surface area contributed by atoms with Gasteiger partial charge in [0, 0.05) is 12.6 Å². The average Bonchev–Trinajstić information content (AvgIpc) is 3.04. The van der Waals surface area contributed by atoms with Crippen LogP contribution in [0.5, 0.6) is 0 Å². The summed E-state index contributed by atoms with van der Waals surface area (Å²) in [7, 11) is 0. The second-order valence-electron chi connectivity index (χ2n) is 4.97. The number of thiophene rings is 1. The van der Waals surface area contributed by atoms with Gasteiger partial charge in [-0.25, -0.2) is 0 Å². The first-order valence-corrected chi connectivity index (χ1v) is 7.77. The Morgan fingerprint density at radius 1 is 1.44 bits per heavy atom. The minimum Gasteiger partial charge on any atom is -0.353 e. The number of hydrogen-bond donors (Lipinski definition) is 1. The van der Waals surface area contributed by atoms with E-state index in [1.54, 1.807) is 17.4 Å². The summed E-state index contributed by atoms with van der Waals surface area (Å²) in [6.07, 6.45) is 11.5. The van der Waals surface area contributed by atoms with Crippen molar-refractivity contribution in [3.05, 3.63) is 28.5 Å². The van der Waals surface area contributed by atoms with Crippen molar-refractivity contribution in [2.45, 2.75) is 38.5 Å². The van der Waals surface area contributed by atoms with E-state index in [4.69, 9.17) is 0 Å². The molecule has 1 heterocycles. The molecule has 1 saturated carbocycles. The molecule has 98 valence electrons. The summed E-state index contributed by atoms with van der Waals surface area (Å²) >= 11 is 1.64. The number of hydrogen-bond acceptors (Lipinski definition) is 2. The maximum Gasteiger partial charge on any atom is 0.243 e. The van der Waals surface area contributed by atoms with Crippen molar-refractivity contribution >= 4 is 23.3 Å². The number of nitrogens with one attached hydrogen (secondary N) is 1. The average molecular weight is 263 g/mol. The van der Waals surface area contributed by atoms with Crippen LogP contribution in [-0.4, -0.2) is 12.5 Å². The molecule has 0 radical (unpaired) electrons. The number of amides is 1. The van der Waals surface area contributed by atoms with E-state index in [0.29, 0.717) is 0 Å². The van der Waals surface area contributed by atoms with E-state index in [1.165, 1.54) is 32.1 Å². The van der Waals surface area contributed by atoms with Crippen molar-refractivity contribution in [1.82, 2.24) is 5.32 Å². The Bertz CT molecular complexity index is 377. The van der Waals surface area contributed by atoms with Gasteiger partial charge in [-0.15, -0.1) is 0 Å². The van der Waals surface area contributed by atoms with Crippen molar-refractivity contribution in [2.24, 2.45) is 5.92 Å². The lowest BCUT2D eigenvalue weighted by atomic mass is 10.0. The van der Waals surface area contributed by atoms with Crippen LogP contribution in [0.2, 0.25) is 0 Å². The van der Waals surface area contributed by atoms with Gasteiger partial charge >= 0.3 is 0 Å². The van der Waals surface area contributed by atoms with Crippen molar-refractivity contribution < 1.29 is 4.79 Å². The lowest BCUT2D eigenvalue weighted by Crippen LogP contribution is -2.22. The van der Waals surface area contributed by atoms with Crippen LogP contribution in [0.4, 0.5) is 0 Å². The molecule has 1 aromatic heterocycles. The van der Waals surface area contributed by atoms with Gasteiger partial charge in [0.1, 0.15) is 0 Å². The molecule has 1 N–H and O–H groups in total. The highest BCUT2D eigenvalue weighted by atomic mass is 32.1. The fraction of sp³-hybridized carbons (Fsp3) is 0.533. The monoisotopic (exact) mass is 263 g/mol. The lowest BCUT2D eigenvalue weighted by molar-refractivity contribution is -0.116. The quantitative estimate of drug-likeness (QED) is 0.613. The molecule has 0 aromatic carbocycles. The molecule has 0 saturated heterocycles. The van der Waals surface area contributed by atoms with Gasteiger partial charge in [0.05, 0.1) is 0 Å². The molecule has 1 aliphatic carbocycles. The Morgan fingerprint density at radius 3 is 3.00 bits per heavy atom. The molecule has 0 bridgehead atoms. The van der Waals surface area contributed by atoms with Crippen LogP contribution in [0.15, 0.2) is 22.9 Å².